The van der Waals surface area contributed by atoms with E-state index in [1.54, 1.807) is 18.2 Å². The molecule has 2 heterocycles. The number of aromatic nitrogens is 2. The maximum atomic E-state index is 12.6. The Hall–Kier alpha value is -2.44. The van der Waals surface area contributed by atoms with Crippen molar-refractivity contribution < 1.29 is 14.3 Å². The highest BCUT2D eigenvalue weighted by Gasteiger charge is 2.27. The number of hydrogen-bond acceptors (Lipinski definition) is 4. The maximum absolute atomic E-state index is 12.6. The lowest BCUT2D eigenvalue weighted by atomic mass is 9.96. The number of fused-ring (bicyclic) bond motifs is 1. The van der Waals surface area contributed by atoms with Crippen molar-refractivity contribution in [2.45, 2.75) is 65.0 Å². The van der Waals surface area contributed by atoms with Crippen molar-refractivity contribution in [3.05, 3.63) is 57.8 Å². The van der Waals surface area contributed by atoms with Gasteiger partial charge in [-0.3, -0.25) is 0 Å². The molecule has 1 fully saturated rings. The van der Waals surface area contributed by atoms with E-state index in [0.29, 0.717) is 28.3 Å². The molecule has 1 aliphatic heterocycles. The molecule has 188 valence electrons. The van der Waals surface area contributed by atoms with Gasteiger partial charge in [0.15, 0.2) is 0 Å². The van der Waals surface area contributed by atoms with E-state index in [1.165, 1.54) is 5.56 Å². The molecule has 3 aromatic rings. The average molecular weight is 518 g/mol. The number of amides is 1. The number of nitrogens with zero attached hydrogens (tertiary/aromatic N) is 2. The van der Waals surface area contributed by atoms with Gasteiger partial charge in [-0.15, -0.1) is 0 Å². The van der Waals surface area contributed by atoms with Crippen molar-refractivity contribution in [2.75, 3.05) is 13.2 Å². The molecule has 1 aliphatic rings. The fourth-order valence-electron chi connectivity index (χ4n) is 4.54. The van der Waals surface area contributed by atoms with E-state index >= 15 is 0 Å². The Morgan fingerprint density at radius 3 is 2.89 bits per heavy atom. The van der Waals surface area contributed by atoms with Gasteiger partial charge in [-0.25, -0.2) is 9.78 Å². The number of H-pyrrole nitrogens is 1. The molecule has 1 atom stereocenters. The highest BCUT2D eigenvalue weighted by atomic mass is 35.5. The number of nitrogens with one attached hydrogen (secondary N) is 1. The van der Waals surface area contributed by atoms with Crippen LogP contribution in [0.4, 0.5) is 4.79 Å². The number of rotatable bonds is 9. The van der Waals surface area contributed by atoms with Crippen molar-refractivity contribution in [1.82, 2.24) is 14.9 Å². The molecule has 8 heteroatoms. The van der Waals surface area contributed by atoms with Crippen LogP contribution in [0.5, 0.6) is 5.75 Å². The zero-order valence-electron chi connectivity index (χ0n) is 20.4. The van der Waals surface area contributed by atoms with Crippen LogP contribution in [0, 0.1) is 5.92 Å². The summed E-state index contributed by atoms with van der Waals surface area (Å²) in [7, 11) is 0. The zero-order valence-corrected chi connectivity index (χ0v) is 21.9. The van der Waals surface area contributed by atoms with E-state index in [2.05, 4.69) is 24.9 Å². The normalized spacial score (nSPS) is 16.1. The van der Waals surface area contributed by atoms with Crippen molar-refractivity contribution in [3.63, 3.8) is 0 Å². The number of imidazole rings is 1. The smallest absolute Gasteiger partial charge is 0.410 e. The van der Waals surface area contributed by atoms with E-state index in [9.17, 15) is 4.79 Å². The van der Waals surface area contributed by atoms with Crippen LogP contribution in [0.15, 0.2) is 36.4 Å². The molecule has 1 amide bonds. The molecule has 0 radical (unpaired) electrons. The van der Waals surface area contributed by atoms with Gasteiger partial charge in [-0.2, -0.15) is 0 Å². The van der Waals surface area contributed by atoms with Crippen molar-refractivity contribution >= 4 is 40.3 Å². The third kappa shape index (κ3) is 6.83. The minimum absolute atomic E-state index is 0.164. The monoisotopic (exact) mass is 517 g/mol. The first-order chi connectivity index (χ1) is 16.9. The van der Waals surface area contributed by atoms with Crippen LogP contribution in [-0.2, 0) is 17.8 Å². The molecule has 35 heavy (non-hydrogen) atoms. The number of hydrogen-bond donors (Lipinski definition) is 1. The summed E-state index contributed by atoms with van der Waals surface area (Å²) < 4.78 is 11.4. The van der Waals surface area contributed by atoms with Crippen LogP contribution in [0.3, 0.4) is 0 Å². The summed E-state index contributed by atoms with van der Waals surface area (Å²) in [6, 6.07) is 11.6. The quantitative estimate of drug-likeness (QED) is 0.320. The van der Waals surface area contributed by atoms with Crippen LogP contribution in [-0.4, -0.2) is 40.2 Å². The lowest BCUT2D eigenvalue weighted by Gasteiger charge is -2.35. The van der Waals surface area contributed by atoms with Crippen molar-refractivity contribution in [2.24, 2.45) is 5.92 Å². The summed E-state index contributed by atoms with van der Waals surface area (Å²) >= 11 is 12.2. The van der Waals surface area contributed by atoms with E-state index in [-0.39, 0.29) is 18.7 Å². The Kier molecular flexibility index (Phi) is 8.79. The van der Waals surface area contributed by atoms with Gasteiger partial charge in [0.2, 0.25) is 0 Å². The summed E-state index contributed by atoms with van der Waals surface area (Å²) in [6.45, 7) is 5.66. The second kappa shape index (κ2) is 12.0. The molecule has 4 rings (SSSR count). The summed E-state index contributed by atoms with van der Waals surface area (Å²) in [5.41, 5.74) is 3.14. The fraction of sp³-hybridized carbons (Fsp3) is 0.481. The van der Waals surface area contributed by atoms with Gasteiger partial charge >= 0.3 is 6.09 Å². The number of aromatic amines is 1. The minimum Gasteiger partial charge on any atom is -0.484 e. The number of benzene rings is 2. The van der Waals surface area contributed by atoms with Crippen molar-refractivity contribution in [3.8, 4) is 5.75 Å². The standard InChI is InChI=1S/C27H33Cl2N3O3/c1-18(2)16-35-27(33)32-14-4-3-9-21(32)10-5-7-19-8-6-11-23-26(19)31-25(30-23)17-34-24-13-12-20(28)15-22(24)29/h6,8,11-13,15,18,21H,3-5,7,9-10,14,16-17H2,1-2H3,(H,30,31). The van der Waals surface area contributed by atoms with E-state index in [1.807, 2.05) is 17.0 Å². The molecule has 1 aromatic heterocycles. The summed E-state index contributed by atoms with van der Waals surface area (Å²) in [6.07, 6.45) is 5.93. The van der Waals surface area contributed by atoms with Gasteiger partial charge < -0.3 is 19.4 Å². The van der Waals surface area contributed by atoms with Gasteiger partial charge in [0, 0.05) is 17.6 Å². The van der Waals surface area contributed by atoms with E-state index in [0.717, 1.165) is 61.9 Å². The topological polar surface area (TPSA) is 67.5 Å². The molecule has 0 spiro atoms. The molecule has 0 aliphatic carbocycles. The summed E-state index contributed by atoms with van der Waals surface area (Å²) in [5, 5.41) is 1.04. The number of halogens is 2. The Balaban J connectivity index is 1.35. The Labute approximate surface area is 216 Å². The number of para-hydroxylation sites is 1. The number of carbonyl (C=O) groups excluding carboxylic acids is 1. The summed E-state index contributed by atoms with van der Waals surface area (Å²) in [4.78, 5) is 22.7. The number of aryl methyl sites for hydroxylation is 1. The van der Waals surface area contributed by atoms with Crippen LogP contribution in [0.2, 0.25) is 10.0 Å². The largest absolute Gasteiger partial charge is 0.484 e. The predicted octanol–water partition coefficient (Wildman–Crippen LogP) is 7.42. The highest BCUT2D eigenvalue weighted by molar-refractivity contribution is 6.35. The first kappa shape index (κ1) is 25.6. The Bertz CT molecular complexity index is 1150. The van der Waals surface area contributed by atoms with Gasteiger partial charge in [0.25, 0.3) is 0 Å². The highest BCUT2D eigenvalue weighted by Crippen LogP contribution is 2.29. The minimum atomic E-state index is -0.164. The van der Waals surface area contributed by atoms with E-state index < -0.39 is 0 Å². The third-order valence-electron chi connectivity index (χ3n) is 6.29. The predicted molar refractivity (Wildman–Crippen MR) is 140 cm³/mol. The van der Waals surface area contributed by atoms with Crippen LogP contribution < -0.4 is 4.74 Å². The van der Waals surface area contributed by atoms with Crippen LogP contribution in [0.25, 0.3) is 11.0 Å². The van der Waals surface area contributed by atoms with Gasteiger partial charge in [-0.05, 0) is 74.3 Å². The maximum Gasteiger partial charge on any atom is 0.410 e. The van der Waals surface area contributed by atoms with Crippen LogP contribution >= 0.6 is 23.2 Å². The SMILES string of the molecule is CC(C)COC(=O)N1CCCCC1CCCc1cccc2[nH]c(COc3ccc(Cl)cc3Cl)nc12. The zero-order chi connectivity index (χ0) is 24.8. The molecular formula is C27H33Cl2N3O3. The van der Waals surface area contributed by atoms with Gasteiger partial charge in [0.05, 0.1) is 22.7 Å². The number of piperidine rings is 1. The third-order valence-corrected chi connectivity index (χ3v) is 6.82. The molecule has 1 N–H and O–H groups in total. The molecule has 2 aromatic carbocycles. The molecule has 6 nitrogen and oxygen atoms in total. The second-order valence-corrected chi connectivity index (χ2v) is 10.4. The first-order valence-corrected chi connectivity index (χ1v) is 13.1. The molecule has 1 unspecified atom stereocenters. The van der Waals surface area contributed by atoms with Gasteiger partial charge in [0.1, 0.15) is 18.2 Å². The molecular weight excluding hydrogens is 485 g/mol. The van der Waals surface area contributed by atoms with Crippen molar-refractivity contribution in [1.29, 1.82) is 0 Å². The van der Waals surface area contributed by atoms with Gasteiger partial charge in [-0.1, -0.05) is 49.2 Å². The number of likely N-dealkylation sites (tertiary alicyclic amines) is 1. The Morgan fingerprint density at radius 1 is 1.23 bits per heavy atom. The number of ether oxygens (including phenoxy) is 2. The Morgan fingerprint density at radius 2 is 2.09 bits per heavy atom. The molecule has 0 saturated carbocycles. The fourth-order valence-corrected chi connectivity index (χ4v) is 5.00. The molecule has 0 bridgehead atoms. The summed E-state index contributed by atoms with van der Waals surface area (Å²) in [5.74, 6) is 1.65. The van der Waals surface area contributed by atoms with E-state index in [4.69, 9.17) is 37.7 Å². The lowest BCUT2D eigenvalue weighted by Crippen LogP contribution is -2.44. The second-order valence-electron chi connectivity index (χ2n) is 9.57. The average Bonchev–Trinajstić information content (AvgIpc) is 3.26. The molecule has 1 saturated heterocycles. The number of carbonyl (C=O) groups is 1. The first-order valence-electron chi connectivity index (χ1n) is 12.4. The van der Waals surface area contributed by atoms with Crippen LogP contribution in [0.1, 0.15) is 57.3 Å². The lowest BCUT2D eigenvalue weighted by molar-refractivity contribution is 0.0630.